The molecule has 1 atom stereocenters. The Morgan fingerprint density at radius 3 is 2.45 bits per heavy atom. The van der Waals surface area contributed by atoms with Gasteiger partial charge < -0.3 is 10.6 Å². The van der Waals surface area contributed by atoms with Crippen LogP contribution in [0.1, 0.15) is 50.5 Å². The van der Waals surface area contributed by atoms with Crippen LogP contribution in [-0.4, -0.2) is 31.6 Å². The topological polar surface area (TPSA) is 102 Å². The number of aryl methyl sites for hydroxylation is 3. The van der Waals surface area contributed by atoms with Gasteiger partial charge in [-0.25, -0.2) is 9.67 Å². The van der Waals surface area contributed by atoms with Gasteiger partial charge >= 0.3 is 0 Å². The second kappa shape index (κ2) is 11.0. The lowest BCUT2D eigenvalue weighted by atomic mass is 10.1. The third-order valence-electron chi connectivity index (χ3n) is 6.35. The third-order valence-corrected chi connectivity index (χ3v) is 6.35. The van der Waals surface area contributed by atoms with Crippen LogP contribution >= 0.6 is 0 Å². The van der Waals surface area contributed by atoms with E-state index in [4.69, 9.17) is 0 Å². The molecule has 0 aliphatic carbocycles. The Hall–Kier alpha value is -4.85. The van der Waals surface area contributed by atoms with Crippen molar-refractivity contribution in [3.05, 3.63) is 119 Å². The fourth-order valence-electron chi connectivity index (χ4n) is 4.20. The highest BCUT2D eigenvalue weighted by molar-refractivity contribution is 6.06. The molecule has 8 heteroatoms. The molecule has 0 fully saturated rings. The molecule has 5 aromatic rings. The van der Waals surface area contributed by atoms with Crippen LogP contribution in [0.2, 0.25) is 0 Å². The summed E-state index contributed by atoms with van der Waals surface area (Å²) in [5, 5.41) is 11.1. The largest absolute Gasteiger partial charge is 0.344 e. The number of aromatic nitrogens is 4. The minimum Gasteiger partial charge on any atom is -0.344 e. The zero-order chi connectivity index (χ0) is 26.5. The van der Waals surface area contributed by atoms with Crippen LogP contribution in [0.25, 0.3) is 11.0 Å². The SMILES string of the molecule is Cc1ccc(C(=O)Nc2ccc3c(C(=O)NC(C)c4cccnc4)nn(CCc4ccccc4)c3n2)cc1. The van der Waals surface area contributed by atoms with Gasteiger partial charge in [0.2, 0.25) is 0 Å². The standard InChI is InChI=1S/C30H28N6O2/c1-20-10-12-23(13-11-20)29(37)34-26-15-14-25-27(30(38)32-21(2)24-9-6-17-31-19-24)35-36(28(25)33-26)18-16-22-7-4-3-5-8-22/h3-15,17,19,21H,16,18H2,1-2H3,(H,32,38)(H,33,34,37). The van der Waals surface area contributed by atoms with Crippen molar-refractivity contribution in [3.63, 3.8) is 0 Å². The molecule has 190 valence electrons. The maximum atomic E-state index is 13.3. The zero-order valence-electron chi connectivity index (χ0n) is 21.3. The summed E-state index contributed by atoms with van der Waals surface area (Å²) in [5.41, 5.74) is 4.48. The van der Waals surface area contributed by atoms with E-state index in [2.05, 4.69) is 37.8 Å². The molecule has 1 unspecified atom stereocenters. The molecule has 3 aromatic heterocycles. The van der Waals surface area contributed by atoms with E-state index in [9.17, 15) is 9.59 Å². The smallest absolute Gasteiger partial charge is 0.272 e. The Kier molecular flexibility index (Phi) is 7.21. The Morgan fingerprint density at radius 2 is 1.71 bits per heavy atom. The molecule has 0 aliphatic rings. The van der Waals surface area contributed by atoms with Crippen LogP contribution in [-0.2, 0) is 13.0 Å². The number of fused-ring (bicyclic) bond motifs is 1. The van der Waals surface area contributed by atoms with Gasteiger partial charge in [-0.05, 0) is 61.7 Å². The number of hydrogen-bond acceptors (Lipinski definition) is 5. The number of nitrogens with zero attached hydrogens (tertiary/aromatic N) is 4. The van der Waals surface area contributed by atoms with Crippen LogP contribution in [0.5, 0.6) is 0 Å². The molecule has 5 rings (SSSR count). The predicted octanol–water partition coefficient (Wildman–Crippen LogP) is 5.12. The number of nitrogens with one attached hydrogen (secondary N) is 2. The molecule has 38 heavy (non-hydrogen) atoms. The van der Waals surface area contributed by atoms with Crippen molar-refractivity contribution in [3.8, 4) is 0 Å². The summed E-state index contributed by atoms with van der Waals surface area (Å²) in [5.74, 6) is -0.168. The number of carbonyl (C=O) groups excluding carboxylic acids is 2. The van der Waals surface area contributed by atoms with Gasteiger partial charge in [-0.15, -0.1) is 0 Å². The molecule has 0 bridgehead atoms. The van der Waals surface area contributed by atoms with Crippen LogP contribution < -0.4 is 10.6 Å². The summed E-state index contributed by atoms with van der Waals surface area (Å²) in [6.45, 7) is 4.40. The molecule has 2 amide bonds. The lowest BCUT2D eigenvalue weighted by molar-refractivity contribution is 0.0934. The summed E-state index contributed by atoms with van der Waals surface area (Å²) in [4.78, 5) is 34.9. The maximum Gasteiger partial charge on any atom is 0.272 e. The van der Waals surface area contributed by atoms with Crippen LogP contribution in [0.4, 0.5) is 5.82 Å². The van der Waals surface area contributed by atoms with Crippen molar-refractivity contribution in [2.24, 2.45) is 0 Å². The number of pyridine rings is 2. The Morgan fingerprint density at radius 1 is 0.921 bits per heavy atom. The average Bonchev–Trinajstić information content (AvgIpc) is 3.31. The first-order valence-corrected chi connectivity index (χ1v) is 12.5. The summed E-state index contributed by atoms with van der Waals surface area (Å²) in [6, 6.07) is 24.4. The summed E-state index contributed by atoms with van der Waals surface area (Å²) in [6.07, 6.45) is 4.14. The first-order valence-electron chi connectivity index (χ1n) is 12.5. The van der Waals surface area contributed by atoms with Crippen molar-refractivity contribution >= 4 is 28.7 Å². The van der Waals surface area contributed by atoms with Gasteiger partial charge in [-0.3, -0.25) is 14.6 Å². The minimum atomic E-state index is -0.303. The highest BCUT2D eigenvalue weighted by Gasteiger charge is 2.21. The first kappa shape index (κ1) is 24.8. The predicted molar refractivity (Wildman–Crippen MR) is 147 cm³/mol. The Balaban J connectivity index is 1.44. The van der Waals surface area contributed by atoms with Crippen molar-refractivity contribution in [2.75, 3.05) is 5.32 Å². The van der Waals surface area contributed by atoms with Crippen molar-refractivity contribution < 1.29 is 9.59 Å². The Labute approximate surface area is 220 Å². The highest BCUT2D eigenvalue weighted by atomic mass is 16.2. The number of anilines is 1. The molecule has 3 heterocycles. The molecule has 0 aliphatic heterocycles. The fourth-order valence-corrected chi connectivity index (χ4v) is 4.20. The van der Waals surface area contributed by atoms with Crippen molar-refractivity contribution in [2.45, 2.75) is 32.9 Å². The second-order valence-corrected chi connectivity index (χ2v) is 9.18. The van der Waals surface area contributed by atoms with E-state index >= 15 is 0 Å². The Bertz CT molecular complexity index is 1560. The van der Waals surface area contributed by atoms with Gasteiger partial charge in [0.25, 0.3) is 11.8 Å². The van der Waals surface area contributed by atoms with E-state index in [1.807, 2.05) is 56.3 Å². The average molecular weight is 505 g/mol. The number of benzene rings is 2. The number of hydrogen-bond donors (Lipinski definition) is 2. The van der Waals surface area contributed by atoms with E-state index < -0.39 is 0 Å². The lowest BCUT2D eigenvalue weighted by Crippen LogP contribution is -2.27. The summed E-state index contributed by atoms with van der Waals surface area (Å²) >= 11 is 0. The molecule has 2 N–H and O–H groups in total. The normalized spacial score (nSPS) is 11.7. The van der Waals surface area contributed by atoms with Gasteiger partial charge in [0.1, 0.15) is 5.82 Å². The lowest BCUT2D eigenvalue weighted by Gasteiger charge is -2.12. The quantitative estimate of drug-likeness (QED) is 0.305. The van der Waals surface area contributed by atoms with Gasteiger partial charge in [-0.2, -0.15) is 5.10 Å². The summed E-state index contributed by atoms with van der Waals surface area (Å²) in [7, 11) is 0. The number of rotatable bonds is 8. The van der Waals surface area contributed by atoms with Crippen LogP contribution in [0.3, 0.4) is 0 Å². The van der Waals surface area contributed by atoms with Gasteiger partial charge in [0.05, 0.1) is 11.4 Å². The van der Waals surface area contributed by atoms with Crippen molar-refractivity contribution in [1.29, 1.82) is 0 Å². The number of carbonyl (C=O) groups is 2. The minimum absolute atomic E-state index is 0.248. The monoisotopic (exact) mass is 504 g/mol. The van der Waals surface area contributed by atoms with Gasteiger partial charge in [-0.1, -0.05) is 54.1 Å². The van der Waals surface area contributed by atoms with Gasteiger partial charge in [0, 0.05) is 24.5 Å². The second-order valence-electron chi connectivity index (χ2n) is 9.18. The van der Waals surface area contributed by atoms with E-state index in [0.717, 1.165) is 16.7 Å². The van der Waals surface area contributed by atoms with Crippen LogP contribution in [0, 0.1) is 6.92 Å². The molecule has 0 saturated carbocycles. The van der Waals surface area contributed by atoms with Crippen LogP contribution in [0.15, 0.2) is 91.3 Å². The molecule has 2 aromatic carbocycles. The van der Waals surface area contributed by atoms with E-state index in [0.29, 0.717) is 35.4 Å². The molecule has 0 radical (unpaired) electrons. The van der Waals surface area contributed by atoms with Gasteiger partial charge in [0.15, 0.2) is 11.3 Å². The molecular formula is C30H28N6O2. The molecular weight excluding hydrogens is 476 g/mol. The molecule has 8 nitrogen and oxygen atoms in total. The fraction of sp³-hybridized carbons (Fsp3) is 0.167. The summed E-state index contributed by atoms with van der Waals surface area (Å²) < 4.78 is 1.73. The highest BCUT2D eigenvalue weighted by Crippen LogP contribution is 2.22. The van der Waals surface area contributed by atoms with E-state index in [1.54, 1.807) is 41.3 Å². The third kappa shape index (κ3) is 5.59. The van der Waals surface area contributed by atoms with E-state index in [1.165, 1.54) is 0 Å². The maximum absolute atomic E-state index is 13.3. The number of amides is 2. The molecule has 0 spiro atoms. The van der Waals surface area contributed by atoms with Crippen molar-refractivity contribution in [1.82, 2.24) is 25.1 Å². The van der Waals surface area contributed by atoms with E-state index in [-0.39, 0.29) is 23.6 Å². The molecule has 0 saturated heterocycles. The first-order chi connectivity index (χ1) is 18.5. The zero-order valence-corrected chi connectivity index (χ0v) is 21.3.